The number of amides is 1. The standard InChI is InChI=1S/C22H23N5O3/c1-15(2)18-9-11-19(12-10-18)23-21(28)14-30-22(29)20(27-16(3)24-25-26-27)13-17-7-5-4-6-8-17/h4-13,15H,14H2,1-3H3,(H,23,28)/b20-13-. The molecular weight excluding hydrogens is 382 g/mol. The van der Waals surface area contributed by atoms with Crippen molar-refractivity contribution >= 4 is 29.3 Å². The summed E-state index contributed by atoms with van der Waals surface area (Å²) in [6.07, 6.45) is 1.61. The number of carbonyl (C=O) groups excluding carboxylic acids is 2. The Labute approximate surface area is 174 Å². The third-order valence-electron chi connectivity index (χ3n) is 4.36. The molecule has 0 unspecified atom stereocenters. The van der Waals surface area contributed by atoms with E-state index in [9.17, 15) is 9.59 Å². The Morgan fingerprint density at radius 2 is 1.80 bits per heavy atom. The second kappa shape index (κ2) is 9.60. The minimum Gasteiger partial charge on any atom is -0.451 e. The molecule has 3 aromatic rings. The minimum atomic E-state index is -0.709. The van der Waals surface area contributed by atoms with Crippen molar-refractivity contribution in [2.75, 3.05) is 11.9 Å². The van der Waals surface area contributed by atoms with Gasteiger partial charge in [0.1, 0.15) is 0 Å². The Balaban J connectivity index is 1.68. The van der Waals surface area contributed by atoms with E-state index in [0.717, 1.165) is 5.56 Å². The molecule has 0 fully saturated rings. The van der Waals surface area contributed by atoms with Crippen LogP contribution < -0.4 is 5.32 Å². The fourth-order valence-electron chi connectivity index (χ4n) is 2.72. The first kappa shape index (κ1) is 20.9. The van der Waals surface area contributed by atoms with Crippen LogP contribution in [0.2, 0.25) is 0 Å². The Kier molecular flexibility index (Phi) is 6.69. The van der Waals surface area contributed by atoms with Crippen LogP contribution in [0.25, 0.3) is 11.8 Å². The topological polar surface area (TPSA) is 99.0 Å². The van der Waals surface area contributed by atoms with Crippen LogP contribution in [0, 0.1) is 6.92 Å². The van der Waals surface area contributed by atoms with Crippen LogP contribution >= 0.6 is 0 Å². The summed E-state index contributed by atoms with van der Waals surface area (Å²) in [6, 6.07) is 16.8. The van der Waals surface area contributed by atoms with Gasteiger partial charge in [-0.2, -0.15) is 4.68 Å². The van der Waals surface area contributed by atoms with Gasteiger partial charge >= 0.3 is 5.97 Å². The third kappa shape index (κ3) is 5.38. The lowest BCUT2D eigenvalue weighted by molar-refractivity contribution is -0.141. The van der Waals surface area contributed by atoms with E-state index < -0.39 is 18.5 Å². The van der Waals surface area contributed by atoms with Crippen molar-refractivity contribution < 1.29 is 14.3 Å². The number of anilines is 1. The first-order valence-electron chi connectivity index (χ1n) is 9.53. The van der Waals surface area contributed by atoms with Crippen molar-refractivity contribution in [1.82, 2.24) is 20.2 Å². The lowest BCUT2D eigenvalue weighted by Gasteiger charge is -2.10. The number of nitrogens with one attached hydrogen (secondary N) is 1. The van der Waals surface area contributed by atoms with Crippen molar-refractivity contribution in [3.63, 3.8) is 0 Å². The highest BCUT2D eigenvalue weighted by atomic mass is 16.5. The molecular formula is C22H23N5O3. The van der Waals surface area contributed by atoms with Crippen molar-refractivity contribution in [2.24, 2.45) is 0 Å². The molecule has 8 heteroatoms. The Bertz CT molecular complexity index is 1040. The molecule has 1 heterocycles. The SMILES string of the molecule is Cc1nnnn1/C(=C\c1ccccc1)C(=O)OCC(=O)Nc1ccc(C(C)C)cc1. The molecule has 0 bridgehead atoms. The number of benzene rings is 2. The van der Waals surface area contributed by atoms with Crippen LogP contribution in [-0.4, -0.2) is 38.7 Å². The monoisotopic (exact) mass is 405 g/mol. The van der Waals surface area contributed by atoms with Gasteiger partial charge in [-0.15, -0.1) is 5.10 Å². The van der Waals surface area contributed by atoms with E-state index in [4.69, 9.17) is 4.74 Å². The van der Waals surface area contributed by atoms with Gasteiger partial charge in [0.25, 0.3) is 5.91 Å². The van der Waals surface area contributed by atoms with Gasteiger partial charge < -0.3 is 10.1 Å². The molecule has 0 saturated heterocycles. The Hall–Kier alpha value is -3.81. The van der Waals surface area contributed by atoms with E-state index >= 15 is 0 Å². The fourth-order valence-corrected chi connectivity index (χ4v) is 2.72. The smallest absolute Gasteiger partial charge is 0.357 e. The summed E-state index contributed by atoms with van der Waals surface area (Å²) in [7, 11) is 0. The lowest BCUT2D eigenvalue weighted by Crippen LogP contribution is -2.23. The average molecular weight is 405 g/mol. The predicted molar refractivity (Wildman–Crippen MR) is 113 cm³/mol. The van der Waals surface area contributed by atoms with Crippen molar-refractivity contribution in [1.29, 1.82) is 0 Å². The number of hydrogen-bond donors (Lipinski definition) is 1. The summed E-state index contributed by atoms with van der Waals surface area (Å²) in [5.74, 6) is -0.322. The van der Waals surface area contributed by atoms with Gasteiger partial charge in [0.15, 0.2) is 18.1 Å². The summed E-state index contributed by atoms with van der Waals surface area (Å²) < 4.78 is 6.49. The van der Waals surface area contributed by atoms with Crippen molar-refractivity contribution in [3.05, 3.63) is 71.5 Å². The summed E-state index contributed by atoms with van der Waals surface area (Å²) in [6.45, 7) is 5.43. The molecule has 1 aromatic heterocycles. The maximum atomic E-state index is 12.7. The highest BCUT2D eigenvalue weighted by Crippen LogP contribution is 2.17. The second-order valence-electron chi connectivity index (χ2n) is 6.98. The molecule has 0 atom stereocenters. The van der Waals surface area contributed by atoms with Crippen molar-refractivity contribution in [2.45, 2.75) is 26.7 Å². The zero-order valence-electron chi connectivity index (χ0n) is 17.1. The molecule has 8 nitrogen and oxygen atoms in total. The third-order valence-corrected chi connectivity index (χ3v) is 4.36. The molecule has 154 valence electrons. The van der Waals surface area contributed by atoms with Crippen LogP contribution in [0.1, 0.15) is 36.7 Å². The number of ether oxygens (including phenoxy) is 1. The van der Waals surface area contributed by atoms with Gasteiger partial charge in [-0.05, 0) is 52.6 Å². The van der Waals surface area contributed by atoms with Crippen molar-refractivity contribution in [3.8, 4) is 0 Å². The van der Waals surface area contributed by atoms with Gasteiger partial charge in [0.2, 0.25) is 0 Å². The number of carbonyl (C=O) groups is 2. The fraction of sp³-hybridized carbons (Fsp3) is 0.227. The molecule has 1 N–H and O–H groups in total. The first-order chi connectivity index (χ1) is 14.4. The number of aryl methyl sites for hydroxylation is 1. The van der Waals surface area contributed by atoms with E-state index in [-0.39, 0.29) is 5.70 Å². The van der Waals surface area contributed by atoms with Gasteiger partial charge in [0.05, 0.1) is 0 Å². The van der Waals surface area contributed by atoms with Crippen LogP contribution in [0.4, 0.5) is 5.69 Å². The van der Waals surface area contributed by atoms with E-state index in [1.807, 2.05) is 54.6 Å². The van der Waals surface area contributed by atoms with Crippen LogP contribution in [0.5, 0.6) is 0 Å². The van der Waals surface area contributed by atoms with E-state index in [2.05, 4.69) is 34.7 Å². The molecule has 3 rings (SSSR count). The van der Waals surface area contributed by atoms with Gasteiger partial charge in [-0.3, -0.25) is 4.79 Å². The van der Waals surface area contributed by atoms with Gasteiger partial charge in [-0.1, -0.05) is 56.3 Å². The molecule has 2 aromatic carbocycles. The normalized spacial score (nSPS) is 11.4. The van der Waals surface area contributed by atoms with Crippen LogP contribution in [0.3, 0.4) is 0 Å². The molecule has 0 radical (unpaired) electrons. The lowest BCUT2D eigenvalue weighted by atomic mass is 10.0. The summed E-state index contributed by atoms with van der Waals surface area (Å²) in [5.41, 5.74) is 2.69. The number of rotatable bonds is 7. The zero-order chi connectivity index (χ0) is 21.5. The predicted octanol–water partition coefficient (Wildman–Crippen LogP) is 3.28. The van der Waals surface area contributed by atoms with E-state index in [1.165, 1.54) is 10.2 Å². The molecule has 1 amide bonds. The molecule has 30 heavy (non-hydrogen) atoms. The van der Waals surface area contributed by atoms with E-state index in [1.54, 1.807) is 13.0 Å². The highest BCUT2D eigenvalue weighted by molar-refractivity contribution is 6.15. The molecule has 0 saturated carbocycles. The van der Waals surface area contributed by atoms with Gasteiger partial charge in [0, 0.05) is 5.69 Å². The summed E-state index contributed by atoms with van der Waals surface area (Å²) in [5, 5.41) is 13.9. The number of hydrogen-bond acceptors (Lipinski definition) is 6. The van der Waals surface area contributed by atoms with Crippen LogP contribution in [0.15, 0.2) is 54.6 Å². The highest BCUT2D eigenvalue weighted by Gasteiger charge is 2.19. The molecule has 0 spiro atoms. The summed E-state index contributed by atoms with van der Waals surface area (Å²) >= 11 is 0. The van der Waals surface area contributed by atoms with Gasteiger partial charge in [-0.25, -0.2) is 4.79 Å². The quantitative estimate of drug-likeness (QED) is 0.478. The molecule has 0 aliphatic carbocycles. The Morgan fingerprint density at radius 3 is 2.40 bits per heavy atom. The average Bonchev–Trinajstić information content (AvgIpc) is 3.17. The molecule has 0 aliphatic heterocycles. The summed E-state index contributed by atoms with van der Waals surface area (Å²) in [4.78, 5) is 24.9. The second-order valence-corrected chi connectivity index (χ2v) is 6.98. The molecule has 0 aliphatic rings. The Morgan fingerprint density at radius 1 is 1.10 bits per heavy atom. The maximum Gasteiger partial charge on any atom is 0.357 e. The maximum absolute atomic E-state index is 12.7. The zero-order valence-corrected chi connectivity index (χ0v) is 17.1. The van der Waals surface area contributed by atoms with E-state index in [0.29, 0.717) is 17.4 Å². The number of esters is 1. The first-order valence-corrected chi connectivity index (χ1v) is 9.53. The largest absolute Gasteiger partial charge is 0.451 e. The number of tetrazole rings is 1. The number of aromatic nitrogens is 4. The minimum absolute atomic E-state index is 0.109. The number of nitrogens with zero attached hydrogens (tertiary/aromatic N) is 4. The van der Waals surface area contributed by atoms with Crippen LogP contribution in [-0.2, 0) is 14.3 Å².